The summed E-state index contributed by atoms with van der Waals surface area (Å²) in [5.41, 5.74) is 6.97. The van der Waals surface area contributed by atoms with E-state index in [4.69, 9.17) is 15.0 Å². The molecule has 2 aromatic rings. The summed E-state index contributed by atoms with van der Waals surface area (Å²) in [6.45, 7) is 0.560. The van der Waals surface area contributed by atoms with E-state index in [1.54, 1.807) is 25.6 Å². The second-order valence-corrected chi connectivity index (χ2v) is 3.22. The number of rotatable bonds is 4. The summed E-state index contributed by atoms with van der Waals surface area (Å²) >= 11 is 0. The molecule has 0 bridgehead atoms. The molecule has 2 aromatic heterocycles. The van der Waals surface area contributed by atoms with Crippen molar-refractivity contribution >= 4 is 5.69 Å². The Morgan fingerprint density at radius 2 is 2.38 bits per heavy atom. The highest BCUT2D eigenvalue weighted by Gasteiger charge is 2.10. The van der Waals surface area contributed by atoms with Gasteiger partial charge in [-0.1, -0.05) is 5.16 Å². The van der Waals surface area contributed by atoms with Crippen molar-refractivity contribution in [2.75, 3.05) is 19.5 Å². The molecule has 0 aliphatic rings. The number of hydrogen-bond donors (Lipinski definition) is 1. The number of nitrogen functional groups attached to an aromatic ring is 1. The largest absolute Gasteiger partial charge is 0.397 e. The molecule has 16 heavy (non-hydrogen) atoms. The molecule has 6 heteroatoms. The molecule has 0 radical (unpaired) electrons. The summed E-state index contributed by atoms with van der Waals surface area (Å²) in [6.07, 6.45) is 3.80. The molecule has 0 amide bonds. The SMILES string of the molecule is COCCc1noc(-c2ccncc2N)n1. The Balaban J connectivity index is 2.22. The minimum Gasteiger partial charge on any atom is -0.397 e. The fourth-order valence-corrected chi connectivity index (χ4v) is 1.26. The average Bonchev–Trinajstić information content (AvgIpc) is 2.75. The number of nitrogens with zero attached hydrogens (tertiary/aromatic N) is 3. The number of hydrogen-bond acceptors (Lipinski definition) is 6. The van der Waals surface area contributed by atoms with E-state index in [-0.39, 0.29) is 0 Å². The lowest BCUT2D eigenvalue weighted by atomic mass is 10.2. The highest BCUT2D eigenvalue weighted by Crippen LogP contribution is 2.22. The highest BCUT2D eigenvalue weighted by molar-refractivity contribution is 5.68. The first-order valence-electron chi connectivity index (χ1n) is 4.82. The standard InChI is InChI=1S/C10H12N4O2/c1-15-5-3-9-13-10(16-14-9)7-2-4-12-6-8(7)11/h2,4,6H,3,5,11H2,1H3. The Kier molecular flexibility index (Phi) is 3.11. The molecule has 0 atom stereocenters. The van der Waals surface area contributed by atoms with Crippen molar-refractivity contribution in [1.82, 2.24) is 15.1 Å². The molecule has 84 valence electrons. The van der Waals surface area contributed by atoms with Crippen molar-refractivity contribution in [3.63, 3.8) is 0 Å². The van der Waals surface area contributed by atoms with Crippen LogP contribution >= 0.6 is 0 Å². The highest BCUT2D eigenvalue weighted by atomic mass is 16.5. The van der Waals surface area contributed by atoms with E-state index < -0.39 is 0 Å². The number of aromatic nitrogens is 3. The van der Waals surface area contributed by atoms with Crippen molar-refractivity contribution < 1.29 is 9.26 Å². The van der Waals surface area contributed by atoms with Gasteiger partial charge < -0.3 is 15.0 Å². The third kappa shape index (κ3) is 2.17. The molecule has 2 heterocycles. The smallest absolute Gasteiger partial charge is 0.260 e. The third-order valence-electron chi connectivity index (χ3n) is 2.08. The Morgan fingerprint density at radius 3 is 3.12 bits per heavy atom. The van der Waals surface area contributed by atoms with E-state index in [2.05, 4.69) is 15.1 Å². The summed E-state index contributed by atoms with van der Waals surface area (Å²) < 4.78 is 10.0. The van der Waals surface area contributed by atoms with Gasteiger partial charge in [-0.2, -0.15) is 4.98 Å². The van der Waals surface area contributed by atoms with E-state index in [0.29, 0.717) is 36.0 Å². The van der Waals surface area contributed by atoms with Crippen LogP contribution < -0.4 is 5.73 Å². The lowest BCUT2D eigenvalue weighted by Gasteiger charge is -1.97. The van der Waals surface area contributed by atoms with Gasteiger partial charge in [0.15, 0.2) is 5.82 Å². The Labute approximate surface area is 92.4 Å². The van der Waals surface area contributed by atoms with Crippen LogP contribution in [-0.4, -0.2) is 28.8 Å². The summed E-state index contributed by atoms with van der Waals surface area (Å²) in [4.78, 5) is 8.11. The Morgan fingerprint density at radius 1 is 1.50 bits per heavy atom. The molecule has 0 saturated carbocycles. The van der Waals surface area contributed by atoms with E-state index in [9.17, 15) is 0 Å². The van der Waals surface area contributed by atoms with Crippen LogP contribution in [0.5, 0.6) is 0 Å². The van der Waals surface area contributed by atoms with Gasteiger partial charge in [0.25, 0.3) is 5.89 Å². The predicted molar refractivity (Wildman–Crippen MR) is 57.5 cm³/mol. The van der Waals surface area contributed by atoms with Crippen LogP contribution in [0.3, 0.4) is 0 Å². The number of methoxy groups -OCH3 is 1. The second kappa shape index (κ2) is 4.71. The molecular formula is C10H12N4O2. The molecule has 2 N–H and O–H groups in total. The minimum atomic E-state index is 0.408. The van der Waals surface area contributed by atoms with Crippen LogP contribution in [0.25, 0.3) is 11.5 Å². The van der Waals surface area contributed by atoms with Gasteiger partial charge in [-0.3, -0.25) is 4.98 Å². The first-order valence-corrected chi connectivity index (χ1v) is 4.82. The molecule has 0 spiro atoms. The summed E-state index contributed by atoms with van der Waals surface area (Å²) in [5, 5.41) is 3.83. The fraction of sp³-hybridized carbons (Fsp3) is 0.300. The van der Waals surface area contributed by atoms with Gasteiger partial charge in [0.05, 0.1) is 24.1 Å². The summed E-state index contributed by atoms with van der Waals surface area (Å²) in [5.74, 6) is 1.01. The number of pyridine rings is 1. The van der Waals surface area contributed by atoms with Gasteiger partial charge in [0.1, 0.15) is 0 Å². The van der Waals surface area contributed by atoms with Crippen LogP contribution in [0.15, 0.2) is 23.0 Å². The molecule has 0 fully saturated rings. The van der Waals surface area contributed by atoms with Crippen LogP contribution in [0.4, 0.5) is 5.69 Å². The topological polar surface area (TPSA) is 87.1 Å². The van der Waals surface area contributed by atoms with Crippen molar-refractivity contribution in [2.45, 2.75) is 6.42 Å². The van der Waals surface area contributed by atoms with Crippen molar-refractivity contribution in [3.8, 4) is 11.5 Å². The zero-order valence-corrected chi connectivity index (χ0v) is 8.88. The van der Waals surface area contributed by atoms with Gasteiger partial charge in [0.2, 0.25) is 0 Å². The normalized spacial score (nSPS) is 10.6. The zero-order chi connectivity index (χ0) is 11.4. The quantitative estimate of drug-likeness (QED) is 0.823. The van der Waals surface area contributed by atoms with Crippen molar-refractivity contribution in [1.29, 1.82) is 0 Å². The van der Waals surface area contributed by atoms with E-state index in [1.165, 1.54) is 0 Å². The van der Waals surface area contributed by atoms with E-state index in [0.717, 1.165) is 0 Å². The molecule has 0 unspecified atom stereocenters. The van der Waals surface area contributed by atoms with Crippen molar-refractivity contribution in [2.24, 2.45) is 0 Å². The van der Waals surface area contributed by atoms with Crippen LogP contribution in [0.2, 0.25) is 0 Å². The molecule has 6 nitrogen and oxygen atoms in total. The van der Waals surface area contributed by atoms with Crippen LogP contribution in [-0.2, 0) is 11.2 Å². The van der Waals surface area contributed by atoms with Gasteiger partial charge in [-0.05, 0) is 6.07 Å². The molecule has 0 saturated heterocycles. The Bertz CT molecular complexity index is 469. The molecule has 2 rings (SSSR count). The van der Waals surface area contributed by atoms with Crippen LogP contribution in [0, 0.1) is 0 Å². The molecule has 0 aliphatic heterocycles. The monoisotopic (exact) mass is 220 g/mol. The van der Waals surface area contributed by atoms with Crippen molar-refractivity contribution in [3.05, 3.63) is 24.3 Å². The molecule has 0 aliphatic carbocycles. The number of nitrogens with two attached hydrogens (primary N) is 1. The maximum absolute atomic E-state index is 5.75. The third-order valence-corrected chi connectivity index (χ3v) is 2.08. The molecule has 0 aromatic carbocycles. The van der Waals surface area contributed by atoms with E-state index in [1.807, 2.05) is 0 Å². The lowest BCUT2D eigenvalue weighted by molar-refractivity contribution is 0.199. The van der Waals surface area contributed by atoms with Gasteiger partial charge in [-0.15, -0.1) is 0 Å². The maximum Gasteiger partial charge on any atom is 0.260 e. The van der Waals surface area contributed by atoms with E-state index >= 15 is 0 Å². The van der Waals surface area contributed by atoms with Gasteiger partial charge in [-0.25, -0.2) is 0 Å². The average molecular weight is 220 g/mol. The molecular weight excluding hydrogens is 208 g/mol. The van der Waals surface area contributed by atoms with Gasteiger partial charge in [0, 0.05) is 19.7 Å². The predicted octanol–water partition coefficient (Wildman–Crippen LogP) is 0.903. The lowest BCUT2D eigenvalue weighted by Crippen LogP contribution is -1.96. The minimum absolute atomic E-state index is 0.408. The number of ether oxygens (including phenoxy) is 1. The summed E-state index contributed by atoms with van der Waals surface area (Å²) in [6, 6.07) is 1.74. The zero-order valence-electron chi connectivity index (χ0n) is 8.88. The number of anilines is 1. The van der Waals surface area contributed by atoms with Crippen LogP contribution in [0.1, 0.15) is 5.82 Å². The fourth-order valence-electron chi connectivity index (χ4n) is 1.26. The van der Waals surface area contributed by atoms with Gasteiger partial charge >= 0.3 is 0 Å². The first-order chi connectivity index (χ1) is 7.81. The Hall–Kier alpha value is -1.95. The second-order valence-electron chi connectivity index (χ2n) is 3.22. The summed E-state index contributed by atoms with van der Waals surface area (Å²) in [7, 11) is 1.63. The maximum atomic E-state index is 5.75. The first kappa shape index (κ1) is 10.6.